The highest BCUT2D eigenvalue weighted by molar-refractivity contribution is 7.97. The minimum Gasteiger partial charge on any atom is -0.300 e. The van der Waals surface area contributed by atoms with Crippen molar-refractivity contribution in [2.24, 2.45) is 5.92 Å². The van der Waals surface area contributed by atoms with Crippen molar-refractivity contribution in [3.05, 3.63) is 29.3 Å². The van der Waals surface area contributed by atoms with Crippen LogP contribution in [0.2, 0.25) is 5.02 Å². The highest BCUT2D eigenvalue weighted by Gasteiger charge is 2.27. The first kappa shape index (κ1) is 15.7. The molecule has 0 N–H and O–H groups in total. The molecule has 2 aliphatic rings. The molecule has 0 spiro atoms. The van der Waals surface area contributed by atoms with Gasteiger partial charge in [0, 0.05) is 29.0 Å². The average Bonchev–Trinajstić information content (AvgIpc) is 2.51. The molecule has 2 saturated heterocycles. The monoisotopic (exact) mass is 324 g/mol. The standard InChI is InChI=1S/C17H25ClN2S/c1-14-6-10-19(11-7-14)16-8-12-20(13-9-16)21-17-4-2-15(18)3-5-17/h2-5,14,16H,6-13H2,1H3. The fourth-order valence-electron chi connectivity index (χ4n) is 3.34. The van der Waals surface area contributed by atoms with E-state index in [1.54, 1.807) is 0 Å². The zero-order chi connectivity index (χ0) is 14.7. The van der Waals surface area contributed by atoms with E-state index in [1.807, 2.05) is 24.1 Å². The molecule has 0 aromatic heterocycles. The van der Waals surface area contributed by atoms with E-state index < -0.39 is 0 Å². The van der Waals surface area contributed by atoms with Crippen molar-refractivity contribution in [1.29, 1.82) is 0 Å². The van der Waals surface area contributed by atoms with Crippen LogP contribution >= 0.6 is 23.5 Å². The molecule has 0 amide bonds. The van der Waals surface area contributed by atoms with E-state index in [4.69, 9.17) is 11.6 Å². The van der Waals surface area contributed by atoms with Crippen LogP contribution in [0.1, 0.15) is 32.6 Å². The Balaban J connectivity index is 1.45. The van der Waals surface area contributed by atoms with Crippen LogP contribution in [0.3, 0.4) is 0 Å². The smallest absolute Gasteiger partial charge is 0.0406 e. The normalized spacial score (nSPS) is 23.5. The summed E-state index contributed by atoms with van der Waals surface area (Å²) in [7, 11) is 0. The van der Waals surface area contributed by atoms with E-state index in [9.17, 15) is 0 Å². The Hall–Kier alpha value is -0.220. The molecule has 0 saturated carbocycles. The van der Waals surface area contributed by atoms with Crippen molar-refractivity contribution in [1.82, 2.24) is 9.21 Å². The number of piperidine rings is 2. The Kier molecular flexibility index (Phi) is 5.49. The molecule has 2 aliphatic heterocycles. The van der Waals surface area contributed by atoms with Gasteiger partial charge < -0.3 is 4.90 Å². The molecule has 0 radical (unpaired) electrons. The third-order valence-corrected chi connectivity index (χ3v) is 6.16. The van der Waals surface area contributed by atoms with Crippen molar-refractivity contribution in [2.75, 3.05) is 26.2 Å². The lowest BCUT2D eigenvalue weighted by Gasteiger charge is -2.41. The van der Waals surface area contributed by atoms with E-state index >= 15 is 0 Å². The SMILES string of the molecule is CC1CCN(C2CCN(Sc3ccc(Cl)cc3)CC2)CC1. The summed E-state index contributed by atoms with van der Waals surface area (Å²) in [6.45, 7) is 7.42. The number of likely N-dealkylation sites (tertiary alicyclic amines) is 1. The second-order valence-electron chi connectivity index (χ2n) is 6.42. The highest BCUT2D eigenvalue weighted by Crippen LogP contribution is 2.30. The lowest BCUT2D eigenvalue weighted by molar-refractivity contribution is 0.103. The molecule has 21 heavy (non-hydrogen) atoms. The van der Waals surface area contributed by atoms with Gasteiger partial charge in [-0.2, -0.15) is 0 Å². The topological polar surface area (TPSA) is 6.48 Å². The summed E-state index contributed by atoms with van der Waals surface area (Å²) in [4.78, 5) is 4.04. The van der Waals surface area contributed by atoms with Gasteiger partial charge >= 0.3 is 0 Å². The predicted molar refractivity (Wildman–Crippen MR) is 91.9 cm³/mol. The largest absolute Gasteiger partial charge is 0.300 e. The molecule has 116 valence electrons. The van der Waals surface area contributed by atoms with E-state index in [-0.39, 0.29) is 0 Å². The highest BCUT2D eigenvalue weighted by atomic mass is 35.5. The van der Waals surface area contributed by atoms with E-state index in [0.717, 1.165) is 17.0 Å². The second kappa shape index (κ2) is 7.36. The van der Waals surface area contributed by atoms with Crippen molar-refractivity contribution in [3.63, 3.8) is 0 Å². The minimum atomic E-state index is 0.817. The van der Waals surface area contributed by atoms with Gasteiger partial charge in [0.25, 0.3) is 0 Å². The van der Waals surface area contributed by atoms with Crippen LogP contribution in [0.15, 0.2) is 29.2 Å². The predicted octanol–water partition coefficient (Wildman–Crippen LogP) is 4.54. The maximum atomic E-state index is 5.94. The van der Waals surface area contributed by atoms with Crippen LogP contribution in [0, 0.1) is 5.92 Å². The van der Waals surface area contributed by atoms with Crippen molar-refractivity contribution in [3.8, 4) is 0 Å². The molecular weight excluding hydrogens is 300 g/mol. The summed E-state index contributed by atoms with van der Waals surface area (Å²) in [5, 5.41) is 0.817. The molecule has 2 fully saturated rings. The first-order valence-corrected chi connectivity index (χ1v) is 9.28. The van der Waals surface area contributed by atoms with E-state index in [2.05, 4.69) is 28.3 Å². The van der Waals surface area contributed by atoms with Gasteiger partial charge in [0.1, 0.15) is 0 Å². The molecule has 0 aliphatic carbocycles. The fraction of sp³-hybridized carbons (Fsp3) is 0.647. The van der Waals surface area contributed by atoms with E-state index in [1.165, 1.54) is 56.8 Å². The Bertz CT molecular complexity index is 435. The van der Waals surface area contributed by atoms with Gasteiger partial charge in [0.2, 0.25) is 0 Å². The molecule has 0 bridgehead atoms. The van der Waals surface area contributed by atoms with Crippen LogP contribution in [0.25, 0.3) is 0 Å². The van der Waals surface area contributed by atoms with Crippen LogP contribution in [0.5, 0.6) is 0 Å². The maximum absolute atomic E-state index is 5.94. The molecule has 4 heteroatoms. The Labute approximate surface area is 138 Å². The van der Waals surface area contributed by atoms with Crippen LogP contribution in [-0.2, 0) is 0 Å². The van der Waals surface area contributed by atoms with Gasteiger partial charge in [-0.15, -0.1) is 0 Å². The third-order valence-electron chi connectivity index (χ3n) is 4.81. The van der Waals surface area contributed by atoms with Crippen LogP contribution in [0.4, 0.5) is 0 Å². The average molecular weight is 325 g/mol. The Morgan fingerprint density at radius 1 is 0.952 bits per heavy atom. The summed E-state index contributed by atoms with van der Waals surface area (Å²) in [5.41, 5.74) is 0. The Morgan fingerprint density at radius 2 is 1.57 bits per heavy atom. The van der Waals surface area contributed by atoms with Gasteiger partial charge in [-0.3, -0.25) is 0 Å². The number of rotatable bonds is 3. The van der Waals surface area contributed by atoms with Crippen LogP contribution < -0.4 is 0 Å². The maximum Gasteiger partial charge on any atom is 0.0406 e. The second-order valence-corrected chi connectivity index (χ2v) is 8.03. The first-order chi connectivity index (χ1) is 10.2. The number of benzene rings is 1. The van der Waals surface area contributed by atoms with Crippen molar-refractivity contribution in [2.45, 2.75) is 43.5 Å². The van der Waals surface area contributed by atoms with Gasteiger partial charge in [0.15, 0.2) is 0 Å². The Morgan fingerprint density at radius 3 is 2.19 bits per heavy atom. The molecular formula is C17H25ClN2S. The zero-order valence-corrected chi connectivity index (χ0v) is 14.4. The number of halogens is 1. The van der Waals surface area contributed by atoms with Crippen LogP contribution in [-0.4, -0.2) is 41.4 Å². The van der Waals surface area contributed by atoms with Gasteiger partial charge in [0.05, 0.1) is 0 Å². The van der Waals surface area contributed by atoms with E-state index in [0.29, 0.717) is 0 Å². The number of hydrogen-bond donors (Lipinski definition) is 0. The molecule has 3 rings (SSSR count). The van der Waals surface area contributed by atoms with Crippen molar-refractivity contribution < 1.29 is 0 Å². The molecule has 0 atom stereocenters. The lowest BCUT2D eigenvalue weighted by Crippen LogP contribution is -2.46. The van der Waals surface area contributed by atoms with Gasteiger partial charge in [-0.1, -0.05) is 18.5 Å². The summed E-state index contributed by atoms with van der Waals surface area (Å²) in [6.07, 6.45) is 5.41. The fourth-order valence-corrected chi connectivity index (χ4v) is 4.41. The summed E-state index contributed by atoms with van der Waals surface area (Å²) >= 11 is 7.82. The molecule has 2 heterocycles. The molecule has 1 aromatic carbocycles. The van der Waals surface area contributed by atoms with Crippen molar-refractivity contribution >= 4 is 23.5 Å². The number of hydrogen-bond acceptors (Lipinski definition) is 3. The molecule has 1 aromatic rings. The summed E-state index contributed by atoms with van der Waals surface area (Å²) in [5.74, 6) is 0.932. The quantitative estimate of drug-likeness (QED) is 0.753. The summed E-state index contributed by atoms with van der Waals surface area (Å²) in [6, 6.07) is 9.01. The zero-order valence-electron chi connectivity index (χ0n) is 12.8. The molecule has 0 unspecified atom stereocenters. The van der Waals surface area contributed by atoms with Gasteiger partial charge in [-0.25, -0.2) is 4.31 Å². The number of nitrogens with zero attached hydrogens (tertiary/aromatic N) is 2. The summed E-state index contributed by atoms with van der Waals surface area (Å²) < 4.78 is 2.51. The third kappa shape index (κ3) is 4.38. The lowest BCUT2D eigenvalue weighted by atomic mass is 9.95. The van der Waals surface area contributed by atoms with Gasteiger partial charge in [-0.05, 0) is 80.9 Å². The molecule has 2 nitrogen and oxygen atoms in total. The minimum absolute atomic E-state index is 0.817. The first-order valence-electron chi connectivity index (χ1n) is 8.13.